The minimum atomic E-state index is -2.43. The topological polar surface area (TPSA) is 26.0 Å². The minimum absolute atomic E-state index is 0.0605. The Bertz CT molecular complexity index is 271. The molecule has 0 fully saturated rings. The SMILES string of the molecule is NCC(Cc1ccc(F)cc1)C(F)F. The minimum Gasteiger partial charge on any atom is -0.330 e. The van der Waals surface area contributed by atoms with E-state index in [4.69, 9.17) is 5.73 Å². The van der Waals surface area contributed by atoms with Crippen LogP contribution >= 0.6 is 0 Å². The first kappa shape index (κ1) is 11.0. The number of hydrogen-bond donors (Lipinski definition) is 1. The molecule has 0 saturated carbocycles. The standard InChI is InChI=1S/C10H12F3N/c11-9-3-1-7(2-4-9)5-8(6-14)10(12)13/h1-4,8,10H,5-6,14H2. The van der Waals surface area contributed by atoms with E-state index in [-0.39, 0.29) is 18.8 Å². The Kier molecular flexibility index (Phi) is 3.95. The van der Waals surface area contributed by atoms with E-state index in [1.165, 1.54) is 24.3 Å². The third-order valence-electron chi connectivity index (χ3n) is 2.07. The first-order valence-corrected chi connectivity index (χ1v) is 4.36. The second-order valence-electron chi connectivity index (χ2n) is 3.16. The van der Waals surface area contributed by atoms with Crippen LogP contribution in [0.1, 0.15) is 5.56 Å². The smallest absolute Gasteiger partial charge is 0.242 e. The molecule has 78 valence electrons. The zero-order valence-corrected chi connectivity index (χ0v) is 7.59. The fourth-order valence-electron chi connectivity index (χ4n) is 1.20. The van der Waals surface area contributed by atoms with Crippen molar-refractivity contribution in [2.45, 2.75) is 12.8 Å². The van der Waals surface area contributed by atoms with E-state index < -0.39 is 12.3 Å². The van der Waals surface area contributed by atoms with Crippen LogP contribution in [0.5, 0.6) is 0 Å². The highest BCUT2D eigenvalue weighted by Gasteiger charge is 2.18. The van der Waals surface area contributed by atoms with Crippen LogP contribution in [0.4, 0.5) is 13.2 Å². The average molecular weight is 203 g/mol. The summed E-state index contributed by atoms with van der Waals surface area (Å²) < 4.78 is 37.1. The predicted octanol–water partition coefficient (Wildman–Crippen LogP) is 2.21. The molecule has 0 amide bonds. The molecule has 0 spiro atoms. The summed E-state index contributed by atoms with van der Waals surface area (Å²) >= 11 is 0. The van der Waals surface area contributed by atoms with Crippen LogP contribution in [0, 0.1) is 11.7 Å². The molecule has 1 aromatic rings. The second kappa shape index (κ2) is 5.00. The Morgan fingerprint density at radius 2 is 1.71 bits per heavy atom. The number of rotatable bonds is 4. The summed E-state index contributed by atoms with van der Waals surface area (Å²) in [5.74, 6) is -1.21. The lowest BCUT2D eigenvalue weighted by atomic mass is 10.00. The van der Waals surface area contributed by atoms with E-state index in [1.807, 2.05) is 0 Å². The number of benzene rings is 1. The van der Waals surface area contributed by atoms with Gasteiger partial charge in [-0.3, -0.25) is 0 Å². The molecule has 2 N–H and O–H groups in total. The van der Waals surface area contributed by atoms with Crippen LogP contribution in [0.25, 0.3) is 0 Å². The molecule has 4 heteroatoms. The average Bonchev–Trinajstić information content (AvgIpc) is 2.16. The van der Waals surface area contributed by atoms with Crippen molar-refractivity contribution in [2.24, 2.45) is 11.7 Å². The van der Waals surface area contributed by atoms with Gasteiger partial charge in [0.05, 0.1) is 0 Å². The van der Waals surface area contributed by atoms with Crippen molar-refractivity contribution in [1.29, 1.82) is 0 Å². The Balaban J connectivity index is 2.63. The van der Waals surface area contributed by atoms with Crippen molar-refractivity contribution in [3.8, 4) is 0 Å². The Morgan fingerprint density at radius 3 is 2.14 bits per heavy atom. The van der Waals surface area contributed by atoms with Gasteiger partial charge in [-0.1, -0.05) is 12.1 Å². The van der Waals surface area contributed by atoms with Crippen LogP contribution in [-0.4, -0.2) is 13.0 Å². The van der Waals surface area contributed by atoms with Gasteiger partial charge in [0.1, 0.15) is 5.82 Å². The predicted molar refractivity (Wildman–Crippen MR) is 48.7 cm³/mol. The summed E-state index contributed by atoms with van der Waals surface area (Å²) in [7, 11) is 0. The Hall–Kier alpha value is -1.03. The quantitative estimate of drug-likeness (QED) is 0.797. The van der Waals surface area contributed by atoms with E-state index in [9.17, 15) is 13.2 Å². The van der Waals surface area contributed by atoms with E-state index in [2.05, 4.69) is 0 Å². The van der Waals surface area contributed by atoms with Gasteiger partial charge >= 0.3 is 0 Å². The molecule has 0 aliphatic rings. The van der Waals surface area contributed by atoms with Gasteiger partial charge < -0.3 is 5.73 Å². The molecule has 0 saturated heterocycles. The van der Waals surface area contributed by atoms with Crippen LogP contribution in [0.2, 0.25) is 0 Å². The summed E-state index contributed by atoms with van der Waals surface area (Å²) in [6.45, 7) is -0.0605. The first-order chi connectivity index (χ1) is 6.63. The maximum atomic E-state index is 12.5. The Labute approximate surface area is 80.7 Å². The van der Waals surface area contributed by atoms with Crippen molar-refractivity contribution in [3.63, 3.8) is 0 Å². The van der Waals surface area contributed by atoms with Gasteiger partial charge in [0.25, 0.3) is 0 Å². The monoisotopic (exact) mass is 203 g/mol. The Morgan fingerprint density at radius 1 is 1.14 bits per heavy atom. The fraction of sp³-hybridized carbons (Fsp3) is 0.400. The van der Waals surface area contributed by atoms with Crippen molar-refractivity contribution in [1.82, 2.24) is 0 Å². The highest BCUT2D eigenvalue weighted by atomic mass is 19.3. The lowest BCUT2D eigenvalue weighted by Gasteiger charge is -2.13. The summed E-state index contributed by atoms with van der Waals surface area (Å²) in [6.07, 6.45) is -2.24. The van der Waals surface area contributed by atoms with Crippen molar-refractivity contribution in [2.75, 3.05) is 6.54 Å². The lowest BCUT2D eigenvalue weighted by molar-refractivity contribution is 0.0814. The lowest BCUT2D eigenvalue weighted by Crippen LogP contribution is -2.23. The summed E-state index contributed by atoms with van der Waals surface area (Å²) in [4.78, 5) is 0. The highest BCUT2D eigenvalue weighted by Crippen LogP contribution is 2.15. The number of hydrogen-bond acceptors (Lipinski definition) is 1. The normalized spacial score (nSPS) is 13.2. The van der Waals surface area contributed by atoms with Gasteiger partial charge in [-0.15, -0.1) is 0 Å². The van der Waals surface area contributed by atoms with Gasteiger partial charge in [0.2, 0.25) is 6.43 Å². The van der Waals surface area contributed by atoms with Gasteiger partial charge in [-0.2, -0.15) is 0 Å². The summed E-state index contributed by atoms with van der Waals surface area (Å²) in [5, 5.41) is 0. The molecule has 0 heterocycles. The van der Waals surface area contributed by atoms with Crippen molar-refractivity contribution < 1.29 is 13.2 Å². The fourth-order valence-corrected chi connectivity index (χ4v) is 1.20. The largest absolute Gasteiger partial charge is 0.330 e. The third-order valence-corrected chi connectivity index (χ3v) is 2.07. The van der Waals surface area contributed by atoms with E-state index >= 15 is 0 Å². The maximum Gasteiger partial charge on any atom is 0.242 e. The third kappa shape index (κ3) is 3.03. The van der Waals surface area contributed by atoms with E-state index in [0.717, 1.165) is 0 Å². The molecule has 0 bridgehead atoms. The van der Waals surface area contributed by atoms with Crippen molar-refractivity contribution in [3.05, 3.63) is 35.6 Å². The molecule has 1 unspecified atom stereocenters. The molecule has 14 heavy (non-hydrogen) atoms. The first-order valence-electron chi connectivity index (χ1n) is 4.36. The zero-order valence-electron chi connectivity index (χ0n) is 7.59. The number of alkyl halides is 2. The van der Waals surface area contributed by atoms with Crippen LogP contribution in [0.3, 0.4) is 0 Å². The van der Waals surface area contributed by atoms with Crippen LogP contribution in [0.15, 0.2) is 24.3 Å². The van der Waals surface area contributed by atoms with Gasteiger partial charge in [-0.05, 0) is 24.1 Å². The molecule has 0 aromatic heterocycles. The number of nitrogens with two attached hydrogens (primary N) is 1. The highest BCUT2D eigenvalue weighted by molar-refractivity contribution is 5.16. The van der Waals surface area contributed by atoms with E-state index in [0.29, 0.717) is 5.56 Å². The van der Waals surface area contributed by atoms with Gasteiger partial charge in [0, 0.05) is 12.5 Å². The molecule has 0 aliphatic carbocycles. The molecule has 0 radical (unpaired) electrons. The van der Waals surface area contributed by atoms with Crippen molar-refractivity contribution >= 4 is 0 Å². The van der Waals surface area contributed by atoms with Gasteiger partial charge in [-0.25, -0.2) is 13.2 Å². The molecule has 1 aromatic carbocycles. The maximum absolute atomic E-state index is 12.5. The molecule has 1 rings (SSSR count). The molecule has 0 aliphatic heterocycles. The number of halogens is 3. The zero-order chi connectivity index (χ0) is 10.6. The van der Waals surface area contributed by atoms with E-state index in [1.54, 1.807) is 0 Å². The summed E-state index contributed by atoms with van der Waals surface area (Å²) in [6, 6.07) is 5.52. The molecule has 1 atom stereocenters. The molecular formula is C10H12F3N. The van der Waals surface area contributed by atoms with Crippen LogP contribution < -0.4 is 5.73 Å². The van der Waals surface area contributed by atoms with Crippen LogP contribution in [-0.2, 0) is 6.42 Å². The second-order valence-corrected chi connectivity index (χ2v) is 3.16. The summed E-state index contributed by atoms with van der Waals surface area (Å²) in [5.41, 5.74) is 5.88. The molecule has 1 nitrogen and oxygen atoms in total. The van der Waals surface area contributed by atoms with Gasteiger partial charge in [0.15, 0.2) is 0 Å². The molecular weight excluding hydrogens is 191 g/mol.